The summed E-state index contributed by atoms with van der Waals surface area (Å²) in [6, 6.07) is 0. The van der Waals surface area contributed by atoms with E-state index < -0.39 is 0 Å². The van der Waals surface area contributed by atoms with Crippen molar-refractivity contribution in [1.82, 2.24) is 0 Å². The number of allylic oxidation sites excluding steroid dienone is 4. The Morgan fingerprint density at radius 3 is 2.67 bits per heavy atom. The largest absolute Gasteiger partial charge is 0.0891 e. The number of rotatable bonds is 1. The minimum absolute atomic E-state index is 0.993. The van der Waals surface area contributed by atoms with Crippen LogP contribution in [0.5, 0.6) is 0 Å². The maximum atomic E-state index is 5.76. The topological polar surface area (TPSA) is 0 Å². The molecule has 0 unspecified atom stereocenters. The molecule has 0 aromatic rings. The molecule has 0 aromatic heterocycles. The molecule has 1 aliphatic carbocycles. The molecular weight excluding hydrogens is 132 g/mol. The second kappa shape index (κ2) is 3.07. The number of hydrogen-bond acceptors (Lipinski definition) is 0. The molecule has 0 saturated heterocycles. The quantitative estimate of drug-likeness (QED) is 0.527. The van der Waals surface area contributed by atoms with Gasteiger partial charge in [0, 0.05) is 5.03 Å². The Morgan fingerprint density at radius 1 is 1.44 bits per heavy atom. The van der Waals surface area contributed by atoms with Crippen molar-refractivity contribution in [2.75, 3.05) is 0 Å². The molecule has 0 bridgehead atoms. The van der Waals surface area contributed by atoms with Crippen LogP contribution in [0.25, 0.3) is 0 Å². The molecule has 1 rings (SSSR count). The number of hydrogen-bond donors (Lipinski definition) is 0. The fourth-order valence-corrected chi connectivity index (χ4v) is 1.11. The van der Waals surface area contributed by atoms with Crippen LogP contribution < -0.4 is 0 Å². The molecule has 0 radical (unpaired) electrons. The zero-order chi connectivity index (χ0) is 6.69. The summed E-state index contributed by atoms with van der Waals surface area (Å²) in [7, 11) is 0. The monoisotopic (exact) mass is 142 g/mol. The first-order valence-electron chi connectivity index (χ1n) is 3.37. The Balaban J connectivity index is 2.59. The van der Waals surface area contributed by atoms with Crippen molar-refractivity contribution in [3.63, 3.8) is 0 Å². The Bertz CT molecular complexity index is 154. The lowest BCUT2D eigenvalue weighted by atomic mass is 10.0. The van der Waals surface area contributed by atoms with E-state index in [1.165, 1.54) is 12.0 Å². The second-order valence-electron chi connectivity index (χ2n) is 2.29. The molecule has 0 aliphatic heterocycles. The lowest BCUT2D eigenvalue weighted by Gasteiger charge is -2.07. The van der Waals surface area contributed by atoms with Crippen LogP contribution in [0.1, 0.15) is 26.2 Å². The van der Waals surface area contributed by atoms with Crippen molar-refractivity contribution in [3.05, 3.63) is 22.8 Å². The normalized spacial score (nSPS) is 18.9. The highest BCUT2D eigenvalue weighted by molar-refractivity contribution is 6.29. The third kappa shape index (κ3) is 1.87. The van der Waals surface area contributed by atoms with Gasteiger partial charge in [0.15, 0.2) is 0 Å². The summed E-state index contributed by atoms with van der Waals surface area (Å²) in [5.41, 5.74) is 1.51. The molecule has 0 saturated carbocycles. The minimum Gasteiger partial charge on any atom is -0.0891 e. The van der Waals surface area contributed by atoms with Crippen LogP contribution >= 0.6 is 11.6 Å². The average Bonchev–Trinajstić information content (AvgIpc) is 1.90. The molecule has 1 heteroatoms. The smallest absolute Gasteiger partial charge is 0.0184 e. The maximum absolute atomic E-state index is 5.76. The summed E-state index contributed by atoms with van der Waals surface area (Å²) in [6.45, 7) is 2.18. The summed E-state index contributed by atoms with van der Waals surface area (Å²) >= 11 is 5.76. The van der Waals surface area contributed by atoms with Gasteiger partial charge in [-0.15, -0.1) is 0 Å². The predicted molar refractivity (Wildman–Crippen MR) is 41.5 cm³/mol. The van der Waals surface area contributed by atoms with Crippen molar-refractivity contribution in [2.45, 2.75) is 26.2 Å². The van der Waals surface area contributed by atoms with Crippen LogP contribution in [-0.4, -0.2) is 0 Å². The molecule has 0 spiro atoms. The lowest BCUT2D eigenvalue weighted by Crippen LogP contribution is -1.87. The number of halogens is 1. The first-order valence-corrected chi connectivity index (χ1v) is 3.75. The summed E-state index contributed by atoms with van der Waals surface area (Å²) < 4.78 is 0. The molecule has 50 valence electrons. The van der Waals surface area contributed by atoms with Gasteiger partial charge in [0.1, 0.15) is 0 Å². The van der Waals surface area contributed by atoms with Gasteiger partial charge < -0.3 is 0 Å². The van der Waals surface area contributed by atoms with Crippen LogP contribution in [0.2, 0.25) is 0 Å². The lowest BCUT2D eigenvalue weighted by molar-refractivity contribution is 0.885. The highest BCUT2D eigenvalue weighted by Crippen LogP contribution is 2.22. The first-order chi connectivity index (χ1) is 4.33. The van der Waals surface area contributed by atoms with Crippen molar-refractivity contribution >= 4 is 11.6 Å². The van der Waals surface area contributed by atoms with E-state index in [-0.39, 0.29) is 0 Å². The van der Waals surface area contributed by atoms with Gasteiger partial charge in [-0.1, -0.05) is 30.2 Å². The van der Waals surface area contributed by atoms with Crippen LogP contribution in [0.4, 0.5) is 0 Å². The predicted octanol–water partition coefficient (Wildman–Crippen LogP) is 3.24. The van der Waals surface area contributed by atoms with Gasteiger partial charge in [-0.25, -0.2) is 0 Å². The van der Waals surface area contributed by atoms with E-state index in [1.807, 2.05) is 6.08 Å². The van der Waals surface area contributed by atoms with Crippen LogP contribution in [0, 0.1) is 0 Å². The highest BCUT2D eigenvalue weighted by Gasteiger charge is 2.00. The fraction of sp³-hybridized carbons (Fsp3) is 0.500. The van der Waals surface area contributed by atoms with Crippen molar-refractivity contribution < 1.29 is 0 Å². The van der Waals surface area contributed by atoms with E-state index in [0.717, 1.165) is 17.9 Å². The Hall–Kier alpha value is -0.230. The van der Waals surface area contributed by atoms with Gasteiger partial charge in [0.05, 0.1) is 0 Å². The zero-order valence-electron chi connectivity index (χ0n) is 5.65. The minimum atomic E-state index is 0.993. The van der Waals surface area contributed by atoms with E-state index >= 15 is 0 Å². The van der Waals surface area contributed by atoms with Crippen LogP contribution in [0.3, 0.4) is 0 Å². The van der Waals surface area contributed by atoms with Gasteiger partial charge in [-0.05, 0) is 25.3 Å². The maximum Gasteiger partial charge on any atom is 0.0184 e. The molecule has 0 heterocycles. The highest BCUT2D eigenvalue weighted by atomic mass is 35.5. The van der Waals surface area contributed by atoms with Crippen LogP contribution in [-0.2, 0) is 0 Å². The molecule has 0 fully saturated rings. The molecule has 0 atom stereocenters. The zero-order valence-corrected chi connectivity index (χ0v) is 6.41. The van der Waals surface area contributed by atoms with Gasteiger partial charge >= 0.3 is 0 Å². The Morgan fingerprint density at radius 2 is 2.22 bits per heavy atom. The summed E-state index contributed by atoms with van der Waals surface area (Å²) in [4.78, 5) is 0. The fourth-order valence-electron chi connectivity index (χ4n) is 0.950. The molecule has 0 amide bonds. The first kappa shape index (κ1) is 6.88. The third-order valence-electron chi connectivity index (χ3n) is 1.64. The molecule has 1 aliphatic rings. The molecule has 0 nitrogen and oxygen atoms in total. The van der Waals surface area contributed by atoms with Gasteiger partial charge in [-0.2, -0.15) is 0 Å². The Labute approximate surface area is 61.2 Å². The van der Waals surface area contributed by atoms with Crippen LogP contribution in [0.15, 0.2) is 22.8 Å². The summed E-state index contributed by atoms with van der Waals surface area (Å²) in [6.07, 6.45) is 7.50. The van der Waals surface area contributed by atoms with Gasteiger partial charge in [0.25, 0.3) is 0 Å². The van der Waals surface area contributed by atoms with Gasteiger partial charge in [0.2, 0.25) is 0 Å². The van der Waals surface area contributed by atoms with E-state index in [9.17, 15) is 0 Å². The second-order valence-corrected chi connectivity index (χ2v) is 2.78. The molecule has 0 N–H and O–H groups in total. The molecular formula is C8H11Cl. The average molecular weight is 143 g/mol. The van der Waals surface area contributed by atoms with E-state index in [1.54, 1.807) is 0 Å². The Kier molecular flexibility index (Phi) is 2.35. The van der Waals surface area contributed by atoms with E-state index in [4.69, 9.17) is 11.6 Å². The van der Waals surface area contributed by atoms with E-state index in [2.05, 4.69) is 13.0 Å². The summed E-state index contributed by atoms with van der Waals surface area (Å²) in [5.74, 6) is 0. The molecule has 0 aromatic carbocycles. The standard InChI is InChI=1S/C8H11Cl/c1-2-7-3-5-8(9)6-4-7/h3,5H,2,4,6H2,1H3. The van der Waals surface area contributed by atoms with Crippen molar-refractivity contribution in [1.29, 1.82) is 0 Å². The third-order valence-corrected chi connectivity index (χ3v) is 1.95. The summed E-state index contributed by atoms with van der Waals surface area (Å²) in [5, 5.41) is 0.993. The van der Waals surface area contributed by atoms with Gasteiger partial charge in [-0.3, -0.25) is 0 Å². The SMILES string of the molecule is CCC1=CC=C(Cl)CC1. The molecule has 9 heavy (non-hydrogen) atoms. The van der Waals surface area contributed by atoms with E-state index in [0.29, 0.717) is 0 Å². The van der Waals surface area contributed by atoms with Crippen molar-refractivity contribution in [3.8, 4) is 0 Å². The van der Waals surface area contributed by atoms with Crippen molar-refractivity contribution in [2.24, 2.45) is 0 Å².